The lowest BCUT2D eigenvalue weighted by molar-refractivity contribution is 0.0264. The van der Waals surface area contributed by atoms with E-state index >= 15 is 0 Å². The molecule has 5 heteroatoms. The Kier molecular flexibility index (Phi) is 6.85. The average molecular weight is 296 g/mol. The minimum absolute atomic E-state index is 0.0981. The van der Waals surface area contributed by atoms with E-state index in [4.69, 9.17) is 18.9 Å². The molecule has 0 saturated heterocycles. The molecule has 0 aliphatic heterocycles. The molecule has 5 nitrogen and oxygen atoms in total. The summed E-state index contributed by atoms with van der Waals surface area (Å²) < 4.78 is 21.2. The van der Waals surface area contributed by atoms with E-state index < -0.39 is 5.97 Å². The number of rotatable bonds is 8. The molecule has 1 atom stereocenters. The van der Waals surface area contributed by atoms with Crippen LogP contribution in [0.4, 0.5) is 0 Å². The van der Waals surface area contributed by atoms with Crippen LogP contribution in [-0.2, 0) is 4.74 Å². The molecule has 0 spiro atoms. The number of methoxy groups -OCH3 is 3. The van der Waals surface area contributed by atoms with E-state index in [1.807, 2.05) is 6.92 Å². The van der Waals surface area contributed by atoms with Gasteiger partial charge in [0, 0.05) is 12.1 Å². The van der Waals surface area contributed by atoms with Crippen LogP contribution in [0.15, 0.2) is 12.1 Å². The van der Waals surface area contributed by atoms with Crippen molar-refractivity contribution in [2.24, 2.45) is 0 Å². The molecule has 0 aliphatic rings. The number of ether oxygens (including phenoxy) is 4. The zero-order valence-electron chi connectivity index (χ0n) is 13.4. The van der Waals surface area contributed by atoms with Crippen molar-refractivity contribution in [1.29, 1.82) is 0 Å². The van der Waals surface area contributed by atoms with Crippen LogP contribution in [0.3, 0.4) is 0 Å². The van der Waals surface area contributed by atoms with E-state index in [0.717, 1.165) is 19.3 Å². The first-order valence-corrected chi connectivity index (χ1v) is 7.12. The van der Waals surface area contributed by atoms with Gasteiger partial charge in [0.25, 0.3) is 0 Å². The molecule has 21 heavy (non-hydrogen) atoms. The predicted octanol–water partition coefficient (Wildman–Crippen LogP) is 3.45. The molecular weight excluding hydrogens is 272 g/mol. The Morgan fingerprint density at radius 2 is 1.62 bits per heavy atom. The number of carbonyl (C=O) groups excluding carboxylic acids is 1. The summed E-state index contributed by atoms with van der Waals surface area (Å²) in [6, 6.07) is 3.28. The van der Waals surface area contributed by atoms with Crippen LogP contribution < -0.4 is 14.2 Å². The summed E-state index contributed by atoms with van der Waals surface area (Å²) in [6.07, 6.45) is 2.48. The van der Waals surface area contributed by atoms with Crippen LogP contribution in [0, 0.1) is 0 Å². The highest BCUT2D eigenvalue weighted by Crippen LogP contribution is 2.35. The molecule has 0 fully saturated rings. The number of esters is 1. The van der Waals surface area contributed by atoms with Gasteiger partial charge in [-0.25, -0.2) is 4.79 Å². The molecule has 118 valence electrons. The maximum Gasteiger partial charge on any atom is 0.346 e. The second kappa shape index (κ2) is 8.39. The Labute approximate surface area is 126 Å². The summed E-state index contributed by atoms with van der Waals surface area (Å²) in [6.45, 7) is 4.06. The Morgan fingerprint density at radius 3 is 2.00 bits per heavy atom. The highest BCUT2D eigenvalue weighted by atomic mass is 16.5. The lowest BCUT2D eigenvalue weighted by Crippen LogP contribution is -2.18. The zero-order chi connectivity index (χ0) is 15.8. The van der Waals surface area contributed by atoms with Crippen molar-refractivity contribution < 1.29 is 23.7 Å². The fraction of sp³-hybridized carbons (Fsp3) is 0.562. The highest BCUT2D eigenvalue weighted by molar-refractivity contribution is 5.96. The molecule has 1 aromatic rings. The molecule has 0 amide bonds. The molecule has 0 heterocycles. The van der Waals surface area contributed by atoms with E-state index in [9.17, 15) is 4.79 Å². The van der Waals surface area contributed by atoms with Crippen molar-refractivity contribution in [2.75, 3.05) is 21.3 Å². The van der Waals surface area contributed by atoms with Gasteiger partial charge in [0.2, 0.25) is 0 Å². The summed E-state index contributed by atoms with van der Waals surface area (Å²) >= 11 is 0. The van der Waals surface area contributed by atoms with Gasteiger partial charge in [-0.1, -0.05) is 20.3 Å². The van der Waals surface area contributed by atoms with Gasteiger partial charge in [-0.3, -0.25) is 0 Å². The molecule has 1 unspecified atom stereocenters. The first-order valence-electron chi connectivity index (χ1n) is 7.12. The first-order chi connectivity index (χ1) is 10.1. The lowest BCUT2D eigenvalue weighted by atomic mass is 10.1. The minimum atomic E-state index is -0.438. The number of carbonyl (C=O) groups is 1. The van der Waals surface area contributed by atoms with Crippen molar-refractivity contribution in [3.63, 3.8) is 0 Å². The SMILES string of the molecule is CCCC(CC)OC(=O)c1c(OC)cc(OC)cc1OC. The summed E-state index contributed by atoms with van der Waals surface area (Å²) in [5, 5.41) is 0. The van der Waals surface area contributed by atoms with Crippen molar-refractivity contribution in [3.05, 3.63) is 17.7 Å². The molecule has 0 aliphatic carbocycles. The molecule has 1 rings (SSSR count). The van der Waals surface area contributed by atoms with Crippen LogP contribution in [0.2, 0.25) is 0 Å². The third-order valence-corrected chi connectivity index (χ3v) is 3.26. The van der Waals surface area contributed by atoms with Gasteiger partial charge in [-0.2, -0.15) is 0 Å². The monoisotopic (exact) mass is 296 g/mol. The van der Waals surface area contributed by atoms with Crippen LogP contribution in [-0.4, -0.2) is 33.4 Å². The van der Waals surface area contributed by atoms with Crippen LogP contribution in [0.5, 0.6) is 17.2 Å². The quantitative estimate of drug-likeness (QED) is 0.688. The van der Waals surface area contributed by atoms with Crippen LogP contribution in [0.1, 0.15) is 43.5 Å². The Hall–Kier alpha value is -1.91. The van der Waals surface area contributed by atoms with E-state index in [1.54, 1.807) is 19.2 Å². The lowest BCUT2D eigenvalue weighted by Gasteiger charge is -2.18. The number of benzene rings is 1. The van der Waals surface area contributed by atoms with Gasteiger partial charge in [0.1, 0.15) is 28.9 Å². The highest BCUT2D eigenvalue weighted by Gasteiger charge is 2.23. The molecule has 1 aromatic carbocycles. The molecular formula is C16H24O5. The van der Waals surface area contributed by atoms with Gasteiger partial charge < -0.3 is 18.9 Å². The van der Waals surface area contributed by atoms with Gasteiger partial charge in [0.05, 0.1) is 21.3 Å². The topological polar surface area (TPSA) is 54.0 Å². The predicted molar refractivity (Wildman–Crippen MR) is 80.5 cm³/mol. The fourth-order valence-corrected chi connectivity index (χ4v) is 2.09. The van der Waals surface area contributed by atoms with Crippen LogP contribution >= 0.6 is 0 Å². The maximum atomic E-state index is 12.4. The number of hydrogen-bond acceptors (Lipinski definition) is 5. The normalized spacial score (nSPS) is 11.7. The molecule has 0 radical (unpaired) electrons. The third kappa shape index (κ3) is 4.28. The van der Waals surface area contributed by atoms with E-state index in [2.05, 4.69) is 6.92 Å². The Morgan fingerprint density at radius 1 is 1.05 bits per heavy atom. The summed E-state index contributed by atoms with van der Waals surface area (Å²) in [7, 11) is 4.53. The van der Waals surface area contributed by atoms with Gasteiger partial charge in [-0.15, -0.1) is 0 Å². The van der Waals surface area contributed by atoms with E-state index in [1.165, 1.54) is 14.2 Å². The van der Waals surface area contributed by atoms with E-state index in [0.29, 0.717) is 17.2 Å². The van der Waals surface area contributed by atoms with Crippen LogP contribution in [0.25, 0.3) is 0 Å². The Balaban J connectivity index is 3.12. The maximum absolute atomic E-state index is 12.4. The average Bonchev–Trinajstić information content (AvgIpc) is 2.52. The van der Waals surface area contributed by atoms with Crippen molar-refractivity contribution in [3.8, 4) is 17.2 Å². The summed E-state index contributed by atoms with van der Waals surface area (Å²) in [4.78, 5) is 12.4. The second-order valence-corrected chi connectivity index (χ2v) is 4.63. The largest absolute Gasteiger partial charge is 0.496 e. The molecule has 0 bridgehead atoms. The molecule has 0 aromatic heterocycles. The first kappa shape index (κ1) is 17.1. The zero-order valence-corrected chi connectivity index (χ0v) is 13.4. The summed E-state index contributed by atoms with van der Waals surface area (Å²) in [5.41, 5.74) is 0.287. The standard InChI is InChI=1S/C16H24O5/c1-6-8-11(7-2)21-16(17)15-13(19-4)9-12(18-3)10-14(15)20-5/h9-11H,6-8H2,1-5H3. The van der Waals surface area contributed by atoms with Gasteiger partial charge >= 0.3 is 5.97 Å². The van der Waals surface area contributed by atoms with Gasteiger partial charge in [-0.05, 0) is 12.8 Å². The third-order valence-electron chi connectivity index (χ3n) is 3.26. The fourth-order valence-electron chi connectivity index (χ4n) is 2.09. The smallest absolute Gasteiger partial charge is 0.346 e. The van der Waals surface area contributed by atoms with E-state index in [-0.39, 0.29) is 11.7 Å². The van der Waals surface area contributed by atoms with Crippen molar-refractivity contribution in [2.45, 2.75) is 39.2 Å². The Bertz CT molecular complexity index is 445. The molecule has 0 saturated carbocycles. The van der Waals surface area contributed by atoms with Crippen molar-refractivity contribution in [1.82, 2.24) is 0 Å². The second-order valence-electron chi connectivity index (χ2n) is 4.63. The number of hydrogen-bond donors (Lipinski definition) is 0. The van der Waals surface area contributed by atoms with Gasteiger partial charge in [0.15, 0.2) is 0 Å². The van der Waals surface area contributed by atoms with Crippen molar-refractivity contribution >= 4 is 5.97 Å². The molecule has 0 N–H and O–H groups in total. The minimum Gasteiger partial charge on any atom is -0.496 e. The summed E-state index contributed by atoms with van der Waals surface area (Å²) in [5.74, 6) is 0.873.